The van der Waals surface area contributed by atoms with Crippen molar-refractivity contribution in [1.82, 2.24) is 10.2 Å². The summed E-state index contributed by atoms with van der Waals surface area (Å²) in [6.07, 6.45) is 2.74. The van der Waals surface area contributed by atoms with Crippen LogP contribution >= 0.6 is 34.7 Å². The number of hydrogen-bond acceptors (Lipinski definition) is 8. The number of methoxy groups -OCH3 is 1. The summed E-state index contributed by atoms with van der Waals surface area (Å²) >= 11 is 8.64. The average molecular weight is 463 g/mol. The van der Waals surface area contributed by atoms with Crippen molar-refractivity contribution >= 4 is 61.4 Å². The predicted octanol–water partition coefficient (Wildman–Crippen LogP) is 3.27. The smallest absolute Gasteiger partial charge is 0.249 e. The van der Waals surface area contributed by atoms with E-state index in [9.17, 15) is 13.2 Å². The van der Waals surface area contributed by atoms with Crippen LogP contribution in [0.4, 0.5) is 10.8 Å². The molecule has 0 saturated carbocycles. The van der Waals surface area contributed by atoms with Crippen molar-refractivity contribution in [3.05, 3.63) is 35.9 Å². The Hall–Kier alpha value is -1.82. The van der Waals surface area contributed by atoms with E-state index in [1.165, 1.54) is 49.3 Å². The van der Waals surface area contributed by atoms with Gasteiger partial charge in [-0.2, -0.15) is 0 Å². The first-order valence-electron chi connectivity index (χ1n) is 7.88. The molecule has 1 N–H and O–H groups in total. The first-order valence-corrected chi connectivity index (χ1v) is 11.9. The highest BCUT2D eigenvalue weighted by atomic mass is 35.5. The van der Waals surface area contributed by atoms with Crippen LogP contribution in [-0.2, 0) is 14.8 Å². The predicted molar refractivity (Wildman–Crippen MR) is 114 cm³/mol. The maximum atomic E-state index is 12.7. The van der Waals surface area contributed by atoms with E-state index in [0.29, 0.717) is 15.1 Å². The van der Waals surface area contributed by atoms with Crippen molar-refractivity contribution in [2.75, 3.05) is 28.7 Å². The van der Waals surface area contributed by atoms with Gasteiger partial charge < -0.3 is 4.74 Å². The van der Waals surface area contributed by atoms with E-state index in [1.807, 2.05) is 0 Å². The molecular weight excluding hydrogens is 444 g/mol. The van der Waals surface area contributed by atoms with Crippen molar-refractivity contribution < 1.29 is 17.9 Å². The number of nitrogens with one attached hydrogen (secondary N) is 1. The van der Waals surface area contributed by atoms with Gasteiger partial charge in [0.15, 0.2) is 4.34 Å². The van der Waals surface area contributed by atoms with Gasteiger partial charge in [0.05, 0.1) is 19.1 Å². The fraction of sp³-hybridized carbons (Fsp3) is 0.312. The number of thioether (sulfide) groups is 1. The summed E-state index contributed by atoms with van der Waals surface area (Å²) in [4.78, 5) is 12.7. The van der Waals surface area contributed by atoms with Gasteiger partial charge in [-0.3, -0.25) is 14.4 Å². The lowest BCUT2D eigenvalue weighted by molar-refractivity contribution is -0.116. The zero-order valence-electron chi connectivity index (χ0n) is 15.4. The summed E-state index contributed by atoms with van der Waals surface area (Å²) in [5.74, 6) is 0.368. The minimum absolute atomic E-state index is 0.166. The van der Waals surface area contributed by atoms with Crippen LogP contribution in [0.5, 0.6) is 5.75 Å². The zero-order valence-corrected chi connectivity index (χ0v) is 18.6. The second kappa shape index (κ2) is 9.59. The van der Waals surface area contributed by atoms with Gasteiger partial charge in [0.25, 0.3) is 0 Å². The minimum Gasteiger partial charge on any atom is -0.495 e. The molecule has 1 aromatic carbocycles. The minimum atomic E-state index is -3.82. The Kier molecular flexibility index (Phi) is 7.70. The lowest BCUT2D eigenvalue weighted by atomic mass is 10.2. The van der Waals surface area contributed by atoms with Gasteiger partial charge in [-0.25, -0.2) is 8.42 Å². The average Bonchev–Trinajstić information content (AvgIpc) is 3.06. The fourth-order valence-electron chi connectivity index (χ4n) is 2.28. The molecule has 2 rings (SSSR count). The molecule has 0 unspecified atom stereocenters. The number of benzene rings is 1. The van der Waals surface area contributed by atoms with Crippen LogP contribution in [0.1, 0.15) is 6.92 Å². The fourth-order valence-corrected chi connectivity index (χ4v) is 5.13. The summed E-state index contributed by atoms with van der Waals surface area (Å²) in [7, 11) is -2.42. The van der Waals surface area contributed by atoms with Crippen LogP contribution < -0.4 is 14.4 Å². The van der Waals surface area contributed by atoms with Crippen LogP contribution in [0.3, 0.4) is 0 Å². The third-order valence-electron chi connectivity index (χ3n) is 3.43. The number of amides is 1. The SMILES string of the molecule is C=CCSc1nnc(NC(=O)[C@H](C)N(c2cc(Cl)ccc2OC)S(C)(=O)=O)s1. The van der Waals surface area contributed by atoms with E-state index in [-0.39, 0.29) is 16.6 Å². The first kappa shape index (κ1) is 22.5. The molecule has 0 fully saturated rings. The van der Waals surface area contributed by atoms with Crippen LogP contribution in [-0.4, -0.2) is 49.7 Å². The summed E-state index contributed by atoms with van der Waals surface area (Å²) in [5, 5.41) is 11.0. The van der Waals surface area contributed by atoms with Crippen molar-refractivity contribution in [3.63, 3.8) is 0 Å². The lowest BCUT2D eigenvalue weighted by Gasteiger charge is -2.29. The number of sulfonamides is 1. The van der Waals surface area contributed by atoms with Gasteiger partial charge in [0, 0.05) is 10.8 Å². The number of carbonyl (C=O) groups excluding carboxylic acids is 1. The molecule has 0 spiro atoms. The van der Waals surface area contributed by atoms with Gasteiger partial charge in [0.1, 0.15) is 11.8 Å². The van der Waals surface area contributed by atoms with Crippen LogP contribution in [0.2, 0.25) is 5.02 Å². The topological polar surface area (TPSA) is 101 Å². The standard InChI is InChI=1S/C16H19ClN4O4S3/c1-5-8-26-16-20-19-15(27-16)18-14(22)10(2)21(28(4,23)24)12-9-11(17)6-7-13(12)25-3/h5-7,9-10H,1,8H2,2-4H3,(H,18,19,22)/t10-/m0/s1. The highest BCUT2D eigenvalue weighted by Gasteiger charge is 2.32. The highest BCUT2D eigenvalue weighted by molar-refractivity contribution is 8.01. The molecule has 1 atom stereocenters. The quantitative estimate of drug-likeness (QED) is 0.346. The first-order chi connectivity index (χ1) is 13.2. The maximum absolute atomic E-state index is 12.7. The lowest BCUT2D eigenvalue weighted by Crippen LogP contribution is -2.45. The third kappa shape index (κ3) is 5.60. The number of ether oxygens (including phenoxy) is 1. The van der Waals surface area contributed by atoms with E-state index >= 15 is 0 Å². The van der Waals surface area contributed by atoms with Crippen LogP contribution in [0.15, 0.2) is 35.2 Å². The molecule has 12 heteroatoms. The van der Waals surface area contributed by atoms with E-state index in [1.54, 1.807) is 12.1 Å². The van der Waals surface area contributed by atoms with E-state index in [4.69, 9.17) is 16.3 Å². The number of hydrogen-bond donors (Lipinski definition) is 1. The van der Waals surface area contributed by atoms with Gasteiger partial charge in [-0.15, -0.1) is 16.8 Å². The molecule has 2 aromatic rings. The molecule has 0 radical (unpaired) electrons. The normalized spacial score (nSPS) is 12.3. The zero-order chi connectivity index (χ0) is 20.9. The Morgan fingerprint density at radius 2 is 2.21 bits per heavy atom. The molecule has 152 valence electrons. The number of halogens is 1. The second-order valence-corrected chi connectivity index (χ2v) is 10.1. The molecule has 0 bridgehead atoms. The molecule has 0 aliphatic rings. The summed E-state index contributed by atoms with van der Waals surface area (Å²) in [6.45, 7) is 5.09. The molecule has 1 heterocycles. The molecule has 0 aliphatic carbocycles. The number of nitrogens with zero attached hydrogens (tertiary/aromatic N) is 3. The third-order valence-corrected chi connectivity index (χ3v) is 6.86. The molecule has 28 heavy (non-hydrogen) atoms. The number of anilines is 2. The van der Waals surface area contributed by atoms with E-state index in [2.05, 4.69) is 22.1 Å². The molecule has 0 saturated heterocycles. The highest BCUT2D eigenvalue weighted by Crippen LogP contribution is 2.34. The Morgan fingerprint density at radius 3 is 2.82 bits per heavy atom. The summed E-state index contributed by atoms with van der Waals surface area (Å²) < 4.78 is 31.7. The Labute approximate surface area is 177 Å². The van der Waals surface area contributed by atoms with Gasteiger partial charge in [-0.1, -0.05) is 40.8 Å². The Bertz CT molecular complexity index is 965. The monoisotopic (exact) mass is 462 g/mol. The molecule has 1 aromatic heterocycles. The number of rotatable bonds is 9. The molecule has 0 aliphatic heterocycles. The van der Waals surface area contributed by atoms with Crippen LogP contribution in [0, 0.1) is 0 Å². The molecule has 8 nitrogen and oxygen atoms in total. The van der Waals surface area contributed by atoms with Crippen molar-refractivity contribution in [3.8, 4) is 5.75 Å². The maximum Gasteiger partial charge on any atom is 0.249 e. The van der Waals surface area contributed by atoms with E-state index < -0.39 is 22.0 Å². The number of carbonyl (C=O) groups is 1. The molecular formula is C16H19ClN4O4S3. The summed E-state index contributed by atoms with van der Waals surface area (Å²) in [5.41, 5.74) is 0.166. The molecule has 1 amide bonds. The second-order valence-electron chi connectivity index (χ2n) is 5.51. The Balaban J connectivity index is 2.30. The van der Waals surface area contributed by atoms with Crippen molar-refractivity contribution in [2.45, 2.75) is 17.3 Å². The van der Waals surface area contributed by atoms with Gasteiger partial charge in [0.2, 0.25) is 21.1 Å². The van der Waals surface area contributed by atoms with Gasteiger partial charge in [-0.05, 0) is 25.1 Å². The van der Waals surface area contributed by atoms with Crippen molar-refractivity contribution in [1.29, 1.82) is 0 Å². The largest absolute Gasteiger partial charge is 0.495 e. The Morgan fingerprint density at radius 1 is 1.50 bits per heavy atom. The van der Waals surface area contributed by atoms with E-state index in [0.717, 1.165) is 10.6 Å². The summed E-state index contributed by atoms with van der Waals surface area (Å²) in [6, 6.07) is 3.45. The van der Waals surface area contributed by atoms with Crippen molar-refractivity contribution in [2.24, 2.45) is 0 Å². The number of aromatic nitrogens is 2. The van der Waals surface area contributed by atoms with Gasteiger partial charge >= 0.3 is 0 Å². The van der Waals surface area contributed by atoms with Crippen LogP contribution in [0.25, 0.3) is 0 Å².